The number of hydrogen-bond acceptors (Lipinski definition) is 5. The lowest BCUT2D eigenvalue weighted by Gasteiger charge is -2.28. The van der Waals surface area contributed by atoms with Gasteiger partial charge in [-0.2, -0.15) is 0 Å². The summed E-state index contributed by atoms with van der Waals surface area (Å²) < 4.78 is 5.52. The van der Waals surface area contributed by atoms with Crippen molar-refractivity contribution in [3.8, 4) is 5.75 Å². The molecule has 1 saturated carbocycles. The molecule has 1 aromatic heterocycles. The number of carbonyl (C=O) groups is 3. The minimum atomic E-state index is -0.891. The topological polar surface area (TPSA) is 109 Å². The van der Waals surface area contributed by atoms with Gasteiger partial charge in [0.1, 0.15) is 11.3 Å². The van der Waals surface area contributed by atoms with E-state index in [0.717, 1.165) is 12.8 Å². The Bertz CT molecular complexity index is 651. The Kier molecular flexibility index (Phi) is 4.37. The fraction of sp³-hybridized carbons (Fsp3) is 0.500. The minimum Gasteiger partial charge on any atom is -0.479 e. The summed E-state index contributed by atoms with van der Waals surface area (Å²) >= 11 is 0. The molecule has 8 nitrogen and oxygen atoms in total. The molecule has 4 amide bonds. The van der Waals surface area contributed by atoms with Crippen LogP contribution in [0.5, 0.6) is 5.75 Å². The molecule has 3 unspecified atom stereocenters. The molecule has 128 valence electrons. The van der Waals surface area contributed by atoms with E-state index in [1.807, 2.05) is 0 Å². The fourth-order valence-electron chi connectivity index (χ4n) is 3.36. The molecular weight excluding hydrogens is 312 g/mol. The third kappa shape index (κ3) is 3.04. The molecule has 1 spiro atoms. The molecule has 3 atom stereocenters. The third-order valence-electron chi connectivity index (χ3n) is 4.63. The highest BCUT2D eigenvalue weighted by Gasteiger charge is 2.54. The van der Waals surface area contributed by atoms with Crippen molar-refractivity contribution in [2.45, 2.75) is 37.8 Å². The van der Waals surface area contributed by atoms with Crippen LogP contribution in [0, 0.1) is 5.92 Å². The van der Waals surface area contributed by atoms with E-state index >= 15 is 0 Å². The SMILES string of the molecule is CC(Oc1cccnc1)C(=O)NCC1CCCC12NC(=O)NC2=O. The van der Waals surface area contributed by atoms with Gasteiger partial charge in [-0.05, 0) is 31.9 Å². The number of hydrogen-bond donors (Lipinski definition) is 3. The van der Waals surface area contributed by atoms with Crippen LogP contribution in [0.3, 0.4) is 0 Å². The number of nitrogens with one attached hydrogen (secondary N) is 3. The molecule has 1 aliphatic carbocycles. The first kappa shape index (κ1) is 16.2. The van der Waals surface area contributed by atoms with Crippen molar-refractivity contribution in [1.82, 2.24) is 20.9 Å². The van der Waals surface area contributed by atoms with Gasteiger partial charge < -0.3 is 15.4 Å². The van der Waals surface area contributed by atoms with Crippen LogP contribution in [-0.2, 0) is 9.59 Å². The van der Waals surface area contributed by atoms with Crippen LogP contribution < -0.4 is 20.7 Å². The van der Waals surface area contributed by atoms with Gasteiger partial charge >= 0.3 is 6.03 Å². The van der Waals surface area contributed by atoms with E-state index in [0.29, 0.717) is 18.7 Å². The number of carbonyl (C=O) groups excluding carboxylic acids is 3. The van der Waals surface area contributed by atoms with Crippen molar-refractivity contribution in [3.63, 3.8) is 0 Å². The van der Waals surface area contributed by atoms with Crippen LogP contribution in [-0.4, -0.2) is 41.0 Å². The molecular formula is C16H20N4O4. The lowest BCUT2D eigenvalue weighted by atomic mass is 9.87. The maximum Gasteiger partial charge on any atom is 0.322 e. The van der Waals surface area contributed by atoms with Gasteiger partial charge in [0.05, 0.1) is 6.20 Å². The van der Waals surface area contributed by atoms with E-state index < -0.39 is 17.7 Å². The Morgan fingerprint density at radius 3 is 3.04 bits per heavy atom. The molecule has 2 aliphatic rings. The maximum absolute atomic E-state index is 12.2. The summed E-state index contributed by atoms with van der Waals surface area (Å²) in [5.41, 5.74) is -0.891. The smallest absolute Gasteiger partial charge is 0.322 e. The zero-order valence-corrected chi connectivity index (χ0v) is 13.4. The fourth-order valence-corrected chi connectivity index (χ4v) is 3.36. The van der Waals surface area contributed by atoms with E-state index in [4.69, 9.17) is 4.74 Å². The molecule has 24 heavy (non-hydrogen) atoms. The second-order valence-electron chi connectivity index (χ2n) is 6.16. The first-order valence-electron chi connectivity index (χ1n) is 7.99. The Labute approximate surface area is 139 Å². The summed E-state index contributed by atoms with van der Waals surface area (Å²) in [4.78, 5) is 39.7. The van der Waals surface area contributed by atoms with E-state index in [1.165, 1.54) is 6.20 Å². The maximum atomic E-state index is 12.2. The number of nitrogens with zero attached hydrogens (tertiary/aromatic N) is 1. The number of pyridine rings is 1. The summed E-state index contributed by atoms with van der Waals surface area (Å²) in [6, 6.07) is 2.98. The zero-order chi connectivity index (χ0) is 17.2. The summed E-state index contributed by atoms with van der Waals surface area (Å²) in [5, 5.41) is 7.84. The van der Waals surface area contributed by atoms with E-state index in [9.17, 15) is 14.4 Å². The van der Waals surface area contributed by atoms with Crippen LogP contribution in [0.15, 0.2) is 24.5 Å². The van der Waals surface area contributed by atoms with Crippen molar-refractivity contribution in [2.75, 3.05) is 6.54 Å². The summed E-state index contributed by atoms with van der Waals surface area (Å²) in [6.45, 7) is 1.96. The van der Waals surface area contributed by atoms with Crippen LogP contribution in [0.4, 0.5) is 4.79 Å². The third-order valence-corrected chi connectivity index (χ3v) is 4.63. The number of aromatic nitrogens is 1. The van der Waals surface area contributed by atoms with Crippen molar-refractivity contribution in [1.29, 1.82) is 0 Å². The summed E-state index contributed by atoms with van der Waals surface area (Å²) in [6.07, 6.45) is 4.67. The van der Waals surface area contributed by atoms with Gasteiger partial charge in [-0.15, -0.1) is 0 Å². The van der Waals surface area contributed by atoms with Gasteiger partial charge in [0.25, 0.3) is 11.8 Å². The highest BCUT2D eigenvalue weighted by molar-refractivity contribution is 6.07. The first-order valence-corrected chi connectivity index (χ1v) is 7.99. The Hall–Kier alpha value is -2.64. The molecule has 0 aromatic carbocycles. The average Bonchev–Trinajstić information content (AvgIpc) is 3.09. The molecule has 3 N–H and O–H groups in total. The molecule has 3 rings (SSSR count). The van der Waals surface area contributed by atoms with Gasteiger partial charge in [-0.1, -0.05) is 6.42 Å². The van der Waals surface area contributed by atoms with Gasteiger partial charge in [0.2, 0.25) is 0 Å². The number of rotatable bonds is 5. The standard InChI is InChI=1S/C16H20N4O4/c1-10(24-12-5-3-7-17-9-12)13(21)18-8-11-4-2-6-16(11)14(22)19-15(23)20-16/h3,5,7,9-11H,2,4,6,8H2,1H3,(H,18,21)(H2,19,20,22,23). The molecule has 0 bridgehead atoms. The van der Waals surface area contributed by atoms with E-state index in [2.05, 4.69) is 20.9 Å². The van der Waals surface area contributed by atoms with Gasteiger partial charge in [-0.3, -0.25) is 19.9 Å². The first-order chi connectivity index (χ1) is 11.5. The number of urea groups is 1. The van der Waals surface area contributed by atoms with Crippen molar-refractivity contribution >= 4 is 17.8 Å². The quantitative estimate of drug-likeness (QED) is 0.674. The Morgan fingerprint density at radius 1 is 1.54 bits per heavy atom. The predicted octanol–water partition coefficient (Wildman–Crippen LogP) is 0.343. The molecule has 0 radical (unpaired) electrons. The molecule has 8 heteroatoms. The highest BCUT2D eigenvalue weighted by atomic mass is 16.5. The minimum absolute atomic E-state index is 0.126. The monoisotopic (exact) mass is 332 g/mol. The van der Waals surface area contributed by atoms with Crippen LogP contribution >= 0.6 is 0 Å². The lowest BCUT2D eigenvalue weighted by molar-refractivity contribution is -0.129. The molecule has 2 fully saturated rings. The van der Waals surface area contributed by atoms with Crippen molar-refractivity contribution < 1.29 is 19.1 Å². The number of amides is 4. The molecule has 2 heterocycles. The molecule has 1 aliphatic heterocycles. The van der Waals surface area contributed by atoms with Crippen LogP contribution in [0.2, 0.25) is 0 Å². The van der Waals surface area contributed by atoms with Crippen molar-refractivity contribution in [2.24, 2.45) is 5.92 Å². The van der Waals surface area contributed by atoms with Crippen LogP contribution in [0.1, 0.15) is 26.2 Å². The Morgan fingerprint density at radius 2 is 2.38 bits per heavy atom. The van der Waals surface area contributed by atoms with E-state index in [-0.39, 0.29) is 17.7 Å². The van der Waals surface area contributed by atoms with Crippen LogP contribution in [0.25, 0.3) is 0 Å². The van der Waals surface area contributed by atoms with Gasteiger partial charge in [0, 0.05) is 18.7 Å². The van der Waals surface area contributed by atoms with Gasteiger partial charge in [0.15, 0.2) is 6.10 Å². The second kappa shape index (κ2) is 6.46. The molecule has 1 aromatic rings. The largest absolute Gasteiger partial charge is 0.479 e. The normalized spacial score (nSPS) is 26.8. The predicted molar refractivity (Wildman–Crippen MR) is 84.1 cm³/mol. The van der Waals surface area contributed by atoms with E-state index in [1.54, 1.807) is 25.3 Å². The molecule has 1 saturated heterocycles. The highest BCUT2D eigenvalue weighted by Crippen LogP contribution is 2.37. The second-order valence-corrected chi connectivity index (χ2v) is 6.16. The Balaban J connectivity index is 1.56. The van der Waals surface area contributed by atoms with Gasteiger partial charge in [-0.25, -0.2) is 4.79 Å². The summed E-state index contributed by atoms with van der Waals surface area (Å²) in [5.74, 6) is -0.187. The number of imide groups is 1. The summed E-state index contributed by atoms with van der Waals surface area (Å²) in [7, 11) is 0. The lowest BCUT2D eigenvalue weighted by Crippen LogP contribution is -2.53. The average molecular weight is 332 g/mol. The number of ether oxygens (including phenoxy) is 1. The zero-order valence-electron chi connectivity index (χ0n) is 13.4. The van der Waals surface area contributed by atoms with Crippen molar-refractivity contribution in [3.05, 3.63) is 24.5 Å².